The number of halogens is 1. The van der Waals surface area contributed by atoms with Gasteiger partial charge in [-0.3, -0.25) is 4.99 Å². The highest BCUT2D eigenvalue weighted by atomic mass is 32.2. The van der Waals surface area contributed by atoms with E-state index >= 15 is 0 Å². The molecule has 1 heterocycles. The summed E-state index contributed by atoms with van der Waals surface area (Å²) < 4.78 is 18.7. The van der Waals surface area contributed by atoms with Crippen molar-refractivity contribution in [2.45, 2.75) is 19.5 Å². The fourth-order valence-electron chi connectivity index (χ4n) is 2.64. The molecule has 0 fully saturated rings. The van der Waals surface area contributed by atoms with Gasteiger partial charge >= 0.3 is 0 Å². The second-order valence-corrected chi connectivity index (χ2v) is 6.76. The number of aliphatic imine (C=N–C) groups is 1. The Bertz CT molecular complexity index is 703. The first kappa shape index (κ1) is 16.8. The predicted octanol–water partition coefficient (Wildman–Crippen LogP) is 4.33. The lowest BCUT2D eigenvalue weighted by Crippen LogP contribution is -2.30. The largest absolute Gasteiger partial charge is 0.497 e. The van der Waals surface area contributed by atoms with Crippen molar-refractivity contribution in [3.05, 3.63) is 65.5 Å². The second-order valence-electron chi connectivity index (χ2n) is 5.70. The molecule has 0 aliphatic carbocycles. The van der Waals surface area contributed by atoms with Crippen LogP contribution in [-0.2, 0) is 13.1 Å². The molecule has 1 aliphatic rings. The van der Waals surface area contributed by atoms with Crippen LogP contribution in [0.25, 0.3) is 0 Å². The van der Waals surface area contributed by atoms with Crippen molar-refractivity contribution in [2.24, 2.45) is 4.99 Å². The van der Waals surface area contributed by atoms with E-state index in [0.717, 1.165) is 41.7 Å². The number of benzene rings is 2. The Morgan fingerprint density at radius 1 is 1.12 bits per heavy atom. The molecular formula is C19H21FN2OS. The lowest BCUT2D eigenvalue weighted by Gasteiger charge is -2.28. The average molecular weight is 344 g/mol. The molecule has 0 saturated carbocycles. The molecule has 0 amide bonds. The van der Waals surface area contributed by atoms with Gasteiger partial charge in [0.05, 0.1) is 7.11 Å². The van der Waals surface area contributed by atoms with Crippen molar-refractivity contribution >= 4 is 16.9 Å². The van der Waals surface area contributed by atoms with Gasteiger partial charge in [-0.1, -0.05) is 36.0 Å². The van der Waals surface area contributed by atoms with Crippen LogP contribution in [0.15, 0.2) is 53.5 Å². The first-order valence-electron chi connectivity index (χ1n) is 8.04. The third-order valence-electron chi connectivity index (χ3n) is 3.85. The van der Waals surface area contributed by atoms with Crippen LogP contribution in [0.5, 0.6) is 5.75 Å². The number of thioether (sulfide) groups is 1. The fraction of sp³-hybridized carbons (Fsp3) is 0.316. The molecule has 0 spiro atoms. The van der Waals surface area contributed by atoms with E-state index in [1.807, 2.05) is 18.2 Å². The summed E-state index contributed by atoms with van der Waals surface area (Å²) in [7, 11) is 1.67. The van der Waals surface area contributed by atoms with E-state index in [1.165, 1.54) is 11.6 Å². The van der Waals surface area contributed by atoms with Crippen LogP contribution >= 0.6 is 11.8 Å². The highest BCUT2D eigenvalue weighted by Crippen LogP contribution is 2.22. The number of hydrogen-bond donors (Lipinski definition) is 0. The van der Waals surface area contributed by atoms with Gasteiger partial charge in [0.1, 0.15) is 11.6 Å². The smallest absolute Gasteiger partial charge is 0.159 e. The molecule has 0 unspecified atom stereocenters. The van der Waals surface area contributed by atoms with Gasteiger partial charge < -0.3 is 9.64 Å². The van der Waals surface area contributed by atoms with Gasteiger partial charge in [0.2, 0.25) is 0 Å². The fourth-order valence-corrected chi connectivity index (χ4v) is 3.59. The Morgan fingerprint density at radius 2 is 1.92 bits per heavy atom. The summed E-state index contributed by atoms with van der Waals surface area (Å²) in [6, 6.07) is 14.8. The van der Waals surface area contributed by atoms with Gasteiger partial charge in [-0.25, -0.2) is 4.39 Å². The molecule has 24 heavy (non-hydrogen) atoms. The molecule has 0 aromatic heterocycles. The summed E-state index contributed by atoms with van der Waals surface area (Å²) >= 11 is 1.78. The summed E-state index contributed by atoms with van der Waals surface area (Å²) in [5.74, 6) is 1.73. The molecule has 3 nitrogen and oxygen atoms in total. The first-order valence-corrected chi connectivity index (χ1v) is 9.03. The zero-order chi connectivity index (χ0) is 16.8. The summed E-state index contributed by atoms with van der Waals surface area (Å²) in [5.41, 5.74) is 2.14. The molecule has 2 aromatic carbocycles. The molecule has 5 heteroatoms. The van der Waals surface area contributed by atoms with Crippen molar-refractivity contribution in [3.63, 3.8) is 0 Å². The molecule has 1 aliphatic heterocycles. The topological polar surface area (TPSA) is 24.8 Å². The van der Waals surface area contributed by atoms with Crippen LogP contribution in [-0.4, -0.2) is 29.5 Å². The second kappa shape index (κ2) is 8.20. The molecule has 3 rings (SSSR count). The number of amidine groups is 1. The van der Waals surface area contributed by atoms with E-state index in [2.05, 4.69) is 22.0 Å². The SMILES string of the molecule is COc1ccc(CN(Cc2cccc(F)c2)C2=NCCCS2)cc1. The van der Waals surface area contributed by atoms with E-state index in [9.17, 15) is 4.39 Å². The maximum Gasteiger partial charge on any atom is 0.159 e. The van der Waals surface area contributed by atoms with Crippen LogP contribution in [0.3, 0.4) is 0 Å². The number of nitrogens with zero attached hydrogens (tertiary/aromatic N) is 2. The van der Waals surface area contributed by atoms with Gasteiger partial charge in [0.25, 0.3) is 0 Å². The predicted molar refractivity (Wildman–Crippen MR) is 98.0 cm³/mol. The molecule has 0 saturated heterocycles. The average Bonchev–Trinajstić information content (AvgIpc) is 2.63. The Morgan fingerprint density at radius 3 is 2.58 bits per heavy atom. The van der Waals surface area contributed by atoms with E-state index in [-0.39, 0.29) is 5.82 Å². The van der Waals surface area contributed by atoms with E-state index in [4.69, 9.17) is 4.74 Å². The molecule has 0 N–H and O–H groups in total. The first-order chi connectivity index (χ1) is 11.7. The van der Waals surface area contributed by atoms with Crippen molar-refractivity contribution in [3.8, 4) is 5.75 Å². The van der Waals surface area contributed by atoms with Gasteiger partial charge in [-0.05, 0) is 41.8 Å². The van der Waals surface area contributed by atoms with Gasteiger partial charge in [0.15, 0.2) is 5.17 Å². The highest BCUT2D eigenvalue weighted by molar-refractivity contribution is 8.13. The number of methoxy groups -OCH3 is 1. The van der Waals surface area contributed by atoms with Crippen LogP contribution in [0.1, 0.15) is 17.5 Å². The van der Waals surface area contributed by atoms with Crippen molar-refractivity contribution in [2.75, 3.05) is 19.4 Å². The zero-order valence-corrected chi connectivity index (χ0v) is 14.6. The molecule has 0 radical (unpaired) electrons. The standard InChI is InChI=1S/C19H21FN2OS/c1-23-18-8-6-15(7-9-18)13-22(19-21-10-3-11-24-19)14-16-4-2-5-17(20)12-16/h2,4-9,12H,3,10-11,13-14H2,1H3. The Hall–Kier alpha value is -2.01. The quantitative estimate of drug-likeness (QED) is 0.807. The summed E-state index contributed by atoms with van der Waals surface area (Å²) in [4.78, 5) is 6.89. The zero-order valence-electron chi connectivity index (χ0n) is 13.7. The minimum atomic E-state index is -0.199. The molecule has 0 atom stereocenters. The van der Waals surface area contributed by atoms with Gasteiger partial charge in [-0.15, -0.1) is 0 Å². The van der Waals surface area contributed by atoms with Crippen LogP contribution < -0.4 is 4.74 Å². The van der Waals surface area contributed by atoms with Gasteiger partial charge in [-0.2, -0.15) is 0 Å². The van der Waals surface area contributed by atoms with Crippen molar-refractivity contribution in [1.82, 2.24) is 4.90 Å². The van der Waals surface area contributed by atoms with Crippen molar-refractivity contribution < 1.29 is 9.13 Å². The van der Waals surface area contributed by atoms with Crippen LogP contribution in [0.2, 0.25) is 0 Å². The maximum absolute atomic E-state index is 13.5. The Kier molecular flexibility index (Phi) is 5.75. The number of ether oxygens (including phenoxy) is 1. The lowest BCUT2D eigenvalue weighted by atomic mass is 10.1. The minimum absolute atomic E-state index is 0.199. The lowest BCUT2D eigenvalue weighted by molar-refractivity contribution is 0.406. The van der Waals surface area contributed by atoms with Crippen LogP contribution in [0, 0.1) is 5.82 Å². The van der Waals surface area contributed by atoms with Crippen molar-refractivity contribution in [1.29, 1.82) is 0 Å². The molecule has 126 valence electrons. The molecule has 0 bridgehead atoms. The van der Waals surface area contributed by atoms with Gasteiger partial charge in [0, 0.05) is 25.4 Å². The van der Waals surface area contributed by atoms with E-state index in [0.29, 0.717) is 6.54 Å². The maximum atomic E-state index is 13.5. The molecular weight excluding hydrogens is 323 g/mol. The summed E-state index contributed by atoms with van der Waals surface area (Å²) in [6.07, 6.45) is 1.12. The summed E-state index contributed by atoms with van der Waals surface area (Å²) in [6.45, 7) is 2.26. The van der Waals surface area contributed by atoms with E-state index in [1.54, 1.807) is 31.0 Å². The van der Waals surface area contributed by atoms with E-state index < -0.39 is 0 Å². The number of rotatable bonds is 5. The number of hydrogen-bond acceptors (Lipinski definition) is 4. The Balaban J connectivity index is 1.79. The monoisotopic (exact) mass is 344 g/mol. The third kappa shape index (κ3) is 4.51. The normalized spacial score (nSPS) is 14.2. The Labute approximate surface area is 146 Å². The van der Waals surface area contributed by atoms with Crippen LogP contribution in [0.4, 0.5) is 4.39 Å². The third-order valence-corrected chi connectivity index (χ3v) is 4.98. The minimum Gasteiger partial charge on any atom is -0.497 e. The highest BCUT2D eigenvalue weighted by Gasteiger charge is 2.16. The molecule has 2 aromatic rings. The summed E-state index contributed by atoms with van der Waals surface area (Å²) in [5, 5.41) is 1.04.